The highest BCUT2D eigenvalue weighted by molar-refractivity contribution is 6.11. The molecule has 0 aliphatic rings. The van der Waals surface area contributed by atoms with Gasteiger partial charge < -0.3 is 4.74 Å². The molecule has 0 unspecified atom stereocenters. The summed E-state index contributed by atoms with van der Waals surface area (Å²) >= 11 is 0. The van der Waals surface area contributed by atoms with Crippen LogP contribution in [0.15, 0.2) is 42.5 Å². The zero-order valence-electron chi connectivity index (χ0n) is 10.2. The molecular formula is C15H10FNO2. The Labute approximate surface area is 109 Å². The fourth-order valence-electron chi connectivity index (χ4n) is 1.77. The second-order valence-electron chi connectivity index (χ2n) is 3.84. The van der Waals surface area contributed by atoms with E-state index in [2.05, 4.69) is 0 Å². The summed E-state index contributed by atoms with van der Waals surface area (Å²) in [6.07, 6.45) is 0. The quantitative estimate of drug-likeness (QED) is 0.792. The molecule has 94 valence electrons. The molecule has 0 heterocycles. The molecule has 0 N–H and O–H groups in total. The summed E-state index contributed by atoms with van der Waals surface area (Å²) in [5, 5.41) is 8.81. The lowest BCUT2D eigenvalue weighted by molar-refractivity contribution is 0.103. The van der Waals surface area contributed by atoms with E-state index in [0.717, 1.165) is 0 Å². The Morgan fingerprint density at radius 2 is 2.00 bits per heavy atom. The van der Waals surface area contributed by atoms with Crippen molar-refractivity contribution in [3.05, 3.63) is 65.0 Å². The van der Waals surface area contributed by atoms with Crippen LogP contribution in [0, 0.1) is 17.1 Å². The lowest BCUT2D eigenvalue weighted by atomic mass is 10.0. The van der Waals surface area contributed by atoms with Crippen molar-refractivity contribution in [2.45, 2.75) is 0 Å². The van der Waals surface area contributed by atoms with Crippen molar-refractivity contribution in [3.8, 4) is 11.8 Å². The molecule has 0 saturated carbocycles. The number of ketones is 1. The third-order valence-corrected chi connectivity index (χ3v) is 2.68. The van der Waals surface area contributed by atoms with Gasteiger partial charge in [0.15, 0.2) is 5.78 Å². The predicted molar refractivity (Wildman–Crippen MR) is 67.5 cm³/mol. The van der Waals surface area contributed by atoms with Crippen molar-refractivity contribution >= 4 is 5.78 Å². The number of carbonyl (C=O) groups is 1. The van der Waals surface area contributed by atoms with Gasteiger partial charge in [0.2, 0.25) is 0 Å². The maximum absolute atomic E-state index is 13.8. The summed E-state index contributed by atoms with van der Waals surface area (Å²) in [7, 11) is 1.37. The third kappa shape index (κ3) is 2.45. The van der Waals surface area contributed by atoms with Crippen LogP contribution in [-0.2, 0) is 0 Å². The number of ether oxygens (including phenoxy) is 1. The molecule has 2 aromatic rings. The second-order valence-corrected chi connectivity index (χ2v) is 3.84. The highest BCUT2D eigenvalue weighted by Gasteiger charge is 2.19. The van der Waals surface area contributed by atoms with Crippen molar-refractivity contribution in [1.29, 1.82) is 5.26 Å². The Bertz CT molecular complexity index is 674. The number of hydrogen-bond donors (Lipinski definition) is 0. The van der Waals surface area contributed by atoms with Crippen molar-refractivity contribution in [1.82, 2.24) is 0 Å². The molecule has 19 heavy (non-hydrogen) atoms. The highest BCUT2D eigenvalue weighted by Crippen LogP contribution is 2.24. The molecule has 0 aliphatic carbocycles. The minimum absolute atomic E-state index is 0.125. The average molecular weight is 255 g/mol. The van der Waals surface area contributed by atoms with Crippen LogP contribution in [0.25, 0.3) is 0 Å². The van der Waals surface area contributed by atoms with Crippen molar-refractivity contribution in [2.75, 3.05) is 7.11 Å². The summed E-state index contributed by atoms with van der Waals surface area (Å²) in [6.45, 7) is 0. The first-order valence-corrected chi connectivity index (χ1v) is 5.54. The monoisotopic (exact) mass is 255 g/mol. The summed E-state index contributed by atoms with van der Waals surface area (Å²) in [6, 6.07) is 12.2. The second kappa shape index (κ2) is 5.32. The SMILES string of the molecule is COc1cccc(F)c1C(=O)c1cccc(C#N)c1. The van der Waals surface area contributed by atoms with E-state index in [1.54, 1.807) is 12.1 Å². The molecule has 0 fully saturated rings. The number of nitriles is 1. The molecule has 0 bridgehead atoms. The van der Waals surface area contributed by atoms with E-state index in [1.807, 2.05) is 6.07 Å². The molecule has 0 radical (unpaired) electrons. The minimum atomic E-state index is -0.647. The molecule has 3 nitrogen and oxygen atoms in total. The summed E-state index contributed by atoms with van der Waals surface area (Å²) in [5.41, 5.74) is 0.476. The van der Waals surface area contributed by atoms with Gasteiger partial charge in [0, 0.05) is 5.56 Å². The first-order valence-electron chi connectivity index (χ1n) is 5.54. The van der Waals surface area contributed by atoms with E-state index >= 15 is 0 Å². The lowest BCUT2D eigenvalue weighted by Gasteiger charge is -2.08. The van der Waals surface area contributed by atoms with Crippen LogP contribution >= 0.6 is 0 Å². The van der Waals surface area contributed by atoms with Crippen LogP contribution in [0.3, 0.4) is 0 Å². The number of carbonyl (C=O) groups excluding carboxylic acids is 1. The number of benzene rings is 2. The van der Waals surface area contributed by atoms with Gasteiger partial charge in [0.1, 0.15) is 17.1 Å². The van der Waals surface area contributed by atoms with E-state index in [4.69, 9.17) is 10.00 Å². The maximum Gasteiger partial charge on any atom is 0.199 e. The summed E-state index contributed by atoms with van der Waals surface area (Å²) < 4.78 is 18.8. The van der Waals surface area contributed by atoms with Gasteiger partial charge >= 0.3 is 0 Å². The normalized spacial score (nSPS) is 9.74. The van der Waals surface area contributed by atoms with Gasteiger partial charge in [-0.25, -0.2) is 4.39 Å². The van der Waals surface area contributed by atoms with Crippen molar-refractivity contribution in [2.24, 2.45) is 0 Å². The smallest absolute Gasteiger partial charge is 0.199 e. The standard InChI is InChI=1S/C15H10FNO2/c1-19-13-7-3-6-12(16)14(13)15(18)11-5-2-4-10(8-11)9-17/h2-8H,1H3. The number of hydrogen-bond acceptors (Lipinski definition) is 3. The summed E-state index contributed by atoms with van der Waals surface area (Å²) in [5.74, 6) is -0.980. The zero-order chi connectivity index (χ0) is 13.8. The number of rotatable bonds is 3. The number of nitrogens with zero attached hydrogens (tertiary/aromatic N) is 1. The van der Waals surface area contributed by atoms with Crippen LogP contribution in [0.4, 0.5) is 4.39 Å². The topological polar surface area (TPSA) is 50.1 Å². The van der Waals surface area contributed by atoms with Crippen molar-refractivity contribution in [3.63, 3.8) is 0 Å². The lowest BCUT2D eigenvalue weighted by Crippen LogP contribution is -2.07. The Kier molecular flexibility index (Phi) is 3.58. The molecule has 0 amide bonds. The molecule has 4 heteroatoms. The minimum Gasteiger partial charge on any atom is -0.496 e. The first kappa shape index (κ1) is 12.8. The first-order chi connectivity index (χ1) is 9.17. The number of halogens is 1. The Morgan fingerprint density at radius 1 is 1.26 bits per heavy atom. The molecule has 2 aromatic carbocycles. The maximum atomic E-state index is 13.8. The van der Waals surface area contributed by atoms with E-state index in [-0.39, 0.29) is 16.9 Å². The fourth-order valence-corrected chi connectivity index (χ4v) is 1.77. The molecule has 0 spiro atoms. The fraction of sp³-hybridized carbons (Fsp3) is 0.0667. The van der Waals surface area contributed by atoms with Gasteiger partial charge in [0.05, 0.1) is 18.7 Å². The van der Waals surface area contributed by atoms with Crippen LogP contribution in [0.5, 0.6) is 5.75 Å². The van der Waals surface area contributed by atoms with Gasteiger partial charge in [-0.2, -0.15) is 5.26 Å². The van der Waals surface area contributed by atoms with Gasteiger partial charge in [0.25, 0.3) is 0 Å². The Hall–Kier alpha value is -2.67. The van der Waals surface area contributed by atoms with Crippen LogP contribution in [-0.4, -0.2) is 12.9 Å². The Morgan fingerprint density at radius 3 is 2.68 bits per heavy atom. The largest absolute Gasteiger partial charge is 0.496 e. The van der Waals surface area contributed by atoms with Crippen molar-refractivity contribution < 1.29 is 13.9 Å². The van der Waals surface area contributed by atoms with Gasteiger partial charge in [-0.15, -0.1) is 0 Å². The molecule has 0 saturated heterocycles. The van der Waals surface area contributed by atoms with Gasteiger partial charge in [-0.3, -0.25) is 4.79 Å². The van der Waals surface area contributed by atoms with E-state index in [9.17, 15) is 9.18 Å². The summed E-state index contributed by atoms with van der Waals surface area (Å²) in [4.78, 5) is 12.3. The van der Waals surface area contributed by atoms with Crippen LogP contribution in [0.2, 0.25) is 0 Å². The Balaban J connectivity index is 2.53. The van der Waals surface area contributed by atoms with Gasteiger partial charge in [-0.1, -0.05) is 18.2 Å². The molecule has 0 aliphatic heterocycles. The molecular weight excluding hydrogens is 245 g/mol. The van der Waals surface area contributed by atoms with E-state index in [0.29, 0.717) is 5.56 Å². The zero-order valence-corrected chi connectivity index (χ0v) is 10.2. The molecule has 0 aromatic heterocycles. The average Bonchev–Trinajstić information content (AvgIpc) is 2.46. The number of methoxy groups -OCH3 is 1. The third-order valence-electron chi connectivity index (χ3n) is 2.68. The molecule has 2 rings (SSSR count). The van der Waals surface area contributed by atoms with Crippen LogP contribution in [0.1, 0.15) is 21.5 Å². The molecule has 0 atom stereocenters. The van der Waals surface area contributed by atoms with Gasteiger partial charge in [-0.05, 0) is 24.3 Å². The van der Waals surface area contributed by atoms with E-state index in [1.165, 1.54) is 37.4 Å². The predicted octanol–water partition coefficient (Wildman–Crippen LogP) is 2.94. The highest BCUT2D eigenvalue weighted by atomic mass is 19.1. The van der Waals surface area contributed by atoms with Crippen LogP contribution < -0.4 is 4.74 Å². The van der Waals surface area contributed by atoms with E-state index < -0.39 is 11.6 Å².